The minimum Gasteiger partial charge on any atom is -0.508 e. The number of aliphatic carboxylic acids is 1. The Hall–Kier alpha value is -4.69. The van der Waals surface area contributed by atoms with E-state index in [1.165, 1.54) is 36.4 Å². The Labute approximate surface area is 249 Å². The van der Waals surface area contributed by atoms with Gasteiger partial charge >= 0.3 is 5.97 Å². The van der Waals surface area contributed by atoms with Crippen LogP contribution in [-0.2, 0) is 36.8 Å². The number of benzene rings is 2. The van der Waals surface area contributed by atoms with Crippen molar-refractivity contribution in [1.82, 2.24) is 16.0 Å². The monoisotopic (exact) mass is 600 g/mol. The Morgan fingerprint density at radius 2 is 1.12 bits per heavy atom. The van der Waals surface area contributed by atoms with Gasteiger partial charge in [0, 0.05) is 19.3 Å². The number of carbonyl (C=O) groups excluding carboxylic acids is 4. The van der Waals surface area contributed by atoms with Crippen molar-refractivity contribution in [3.05, 3.63) is 59.7 Å². The molecule has 0 saturated heterocycles. The summed E-state index contributed by atoms with van der Waals surface area (Å²) >= 11 is 0. The molecule has 4 amide bonds. The smallest absolute Gasteiger partial charge is 0.326 e. The third kappa shape index (κ3) is 12.4. The van der Waals surface area contributed by atoms with Crippen molar-refractivity contribution >= 4 is 29.6 Å². The molecule has 14 nitrogen and oxygen atoms in total. The van der Waals surface area contributed by atoms with Gasteiger partial charge in [-0.15, -0.1) is 0 Å². The van der Waals surface area contributed by atoms with Gasteiger partial charge in [0.25, 0.3) is 0 Å². The average molecular weight is 601 g/mol. The largest absolute Gasteiger partial charge is 0.508 e. The van der Waals surface area contributed by atoms with Gasteiger partial charge in [0.1, 0.15) is 29.6 Å². The number of carbonyl (C=O) groups is 5. The number of unbranched alkanes of at least 4 members (excludes halogenated alkanes) is 1. The molecular weight excluding hydrogens is 560 g/mol. The van der Waals surface area contributed by atoms with E-state index in [1.54, 1.807) is 12.1 Å². The predicted octanol–water partition coefficient (Wildman–Crippen LogP) is -0.856. The maximum Gasteiger partial charge on any atom is 0.326 e. The highest BCUT2D eigenvalue weighted by molar-refractivity contribution is 5.94. The standard InChI is InChI=1S/C29H40N6O8/c30-14-2-1-3-21(31)26(39)34-23(15-17-4-8-19(36)9-5-17)28(41)35-24(16-18-6-10-20(37)11-7-18)27(40)33-22(29(42)43)12-13-25(32)38/h4-11,21-24,36-37H,1-3,12-16,30-31H2,(H2,32,38)(H,33,40)(H,34,39)(H,35,41)(H,42,43). The van der Waals surface area contributed by atoms with E-state index in [-0.39, 0.29) is 37.2 Å². The van der Waals surface area contributed by atoms with Gasteiger partial charge in [-0.1, -0.05) is 30.7 Å². The zero-order valence-electron chi connectivity index (χ0n) is 23.7. The first kappa shape index (κ1) is 34.5. The second-order valence-electron chi connectivity index (χ2n) is 10.2. The van der Waals surface area contributed by atoms with E-state index in [1.807, 2.05) is 0 Å². The van der Waals surface area contributed by atoms with Crippen molar-refractivity contribution in [3.63, 3.8) is 0 Å². The summed E-state index contributed by atoms with van der Waals surface area (Å²) in [6, 6.07) is 6.92. The Bertz CT molecular complexity index is 1240. The number of phenolic OH excluding ortho intramolecular Hbond substituents is 2. The van der Waals surface area contributed by atoms with Crippen molar-refractivity contribution in [2.75, 3.05) is 6.54 Å². The van der Waals surface area contributed by atoms with Gasteiger partial charge in [-0.3, -0.25) is 19.2 Å². The molecule has 0 aliphatic heterocycles. The quantitative estimate of drug-likeness (QED) is 0.0956. The number of primary amides is 1. The SMILES string of the molecule is NCCCCC(N)C(=O)NC(Cc1ccc(O)cc1)C(=O)NC(Cc1ccc(O)cc1)C(=O)NC(CCC(N)=O)C(=O)O. The van der Waals surface area contributed by atoms with Crippen molar-refractivity contribution in [2.24, 2.45) is 17.2 Å². The summed E-state index contributed by atoms with van der Waals surface area (Å²) in [4.78, 5) is 62.7. The predicted molar refractivity (Wildman–Crippen MR) is 156 cm³/mol. The van der Waals surface area contributed by atoms with Crippen LogP contribution in [0.2, 0.25) is 0 Å². The molecule has 0 saturated carbocycles. The van der Waals surface area contributed by atoms with Crippen LogP contribution in [-0.4, -0.2) is 75.6 Å². The molecule has 2 aromatic carbocycles. The summed E-state index contributed by atoms with van der Waals surface area (Å²) in [6.07, 6.45) is 0.939. The number of amides is 4. The van der Waals surface area contributed by atoms with Gasteiger partial charge in [0.05, 0.1) is 6.04 Å². The van der Waals surface area contributed by atoms with Crippen LogP contribution in [0, 0.1) is 0 Å². The molecule has 0 fully saturated rings. The van der Waals surface area contributed by atoms with Gasteiger partial charge < -0.3 is 48.5 Å². The van der Waals surface area contributed by atoms with Crippen LogP contribution in [0.5, 0.6) is 11.5 Å². The molecule has 4 atom stereocenters. The van der Waals surface area contributed by atoms with E-state index in [9.17, 15) is 39.3 Å². The number of nitrogens with one attached hydrogen (secondary N) is 3. The summed E-state index contributed by atoms with van der Waals surface area (Å²) in [5.41, 5.74) is 17.8. The fourth-order valence-electron chi connectivity index (χ4n) is 4.16. The minimum absolute atomic E-state index is 0.00525. The Morgan fingerprint density at radius 1 is 0.674 bits per heavy atom. The number of hydrogen-bond donors (Lipinski definition) is 9. The van der Waals surface area contributed by atoms with Gasteiger partial charge in [-0.2, -0.15) is 0 Å². The maximum atomic E-state index is 13.6. The van der Waals surface area contributed by atoms with Crippen LogP contribution in [0.3, 0.4) is 0 Å². The molecular formula is C29H40N6O8. The third-order valence-corrected chi connectivity index (χ3v) is 6.62. The molecule has 0 radical (unpaired) electrons. The van der Waals surface area contributed by atoms with E-state index in [2.05, 4.69) is 16.0 Å². The lowest BCUT2D eigenvalue weighted by Crippen LogP contribution is -2.58. The molecule has 0 heterocycles. The molecule has 14 heteroatoms. The van der Waals surface area contributed by atoms with Crippen LogP contribution in [0.15, 0.2) is 48.5 Å². The van der Waals surface area contributed by atoms with E-state index in [0.29, 0.717) is 36.9 Å². The molecule has 0 aliphatic carbocycles. The molecule has 43 heavy (non-hydrogen) atoms. The molecule has 0 spiro atoms. The number of hydrogen-bond acceptors (Lipinski definition) is 9. The van der Waals surface area contributed by atoms with Gasteiger partial charge in [-0.05, 0) is 61.2 Å². The van der Waals surface area contributed by atoms with Crippen molar-refractivity contribution in [1.29, 1.82) is 0 Å². The average Bonchev–Trinajstić information content (AvgIpc) is 2.96. The lowest BCUT2D eigenvalue weighted by Gasteiger charge is -2.25. The molecule has 12 N–H and O–H groups in total. The zero-order chi connectivity index (χ0) is 31.9. The molecule has 2 rings (SSSR count). The fraction of sp³-hybridized carbons (Fsp3) is 0.414. The first-order chi connectivity index (χ1) is 20.4. The Balaban J connectivity index is 2.32. The van der Waals surface area contributed by atoms with Crippen molar-refractivity contribution in [3.8, 4) is 11.5 Å². The van der Waals surface area contributed by atoms with Gasteiger partial charge in [-0.25, -0.2) is 4.79 Å². The summed E-state index contributed by atoms with van der Waals surface area (Å²) < 4.78 is 0. The second-order valence-corrected chi connectivity index (χ2v) is 10.2. The molecule has 2 aromatic rings. The number of carboxylic acid groups (broad SMARTS) is 1. The Morgan fingerprint density at radius 3 is 1.53 bits per heavy atom. The lowest BCUT2D eigenvalue weighted by molar-refractivity contribution is -0.142. The highest BCUT2D eigenvalue weighted by Crippen LogP contribution is 2.14. The van der Waals surface area contributed by atoms with Crippen LogP contribution in [0.25, 0.3) is 0 Å². The number of carboxylic acids is 1. The van der Waals surface area contributed by atoms with Gasteiger partial charge in [0.15, 0.2) is 0 Å². The number of rotatable bonds is 18. The van der Waals surface area contributed by atoms with Crippen LogP contribution in [0.1, 0.15) is 43.2 Å². The molecule has 4 unspecified atom stereocenters. The van der Waals surface area contributed by atoms with E-state index in [0.717, 1.165) is 0 Å². The zero-order valence-corrected chi connectivity index (χ0v) is 23.7. The molecule has 234 valence electrons. The molecule has 0 bridgehead atoms. The van der Waals surface area contributed by atoms with Crippen molar-refractivity contribution in [2.45, 2.75) is 69.1 Å². The lowest BCUT2D eigenvalue weighted by atomic mass is 10.0. The summed E-state index contributed by atoms with van der Waals surface area (Å²) in [6.45, 7) is 0.440. The second kappa shape index (κ2) is 17.3. The van der Waals surface area contributed by atoms with E-state index >= 15 is 0 Å². The summed E-state index contributed by atoms with van der Waals surface area (Å²) in [5, 5.41) is 36.4. The maximum absolute atomic E-state index is 13.6. The first-order valence-corrected chi connectivity index (χ1v) is 13.8. The fourth-order valence-corrected chi connectivity index (χ4v) is 4.16. The summed E-state index contributed by atoms with van der Waals surface area (Å²) in [5.74, 6) is -4.36. The topological polar surface area (TPSA) is 260 Å². The molecule has 0 aromatic heterocycles. The van der Waals surface area contributed by atoms with E-state index in [4.69, 9.17) is 17.2 Å². The Kier molecular flexibility index (Phi) is 13.9. The van der Waals surface area contributed by atoms with Crippen LogP contribution in [0.4, 0.5) is 0 Å². The number of nitrogens with two attached hydrogens (primary N) is 3. The van der Waals surface area contributed by atoms with Crippen molar-refractivity contribution < 1.29 is 39.3 Å². The molecule has 0 aliphatic rings. The minimum atomic E-state index is -1.46. The number of aromatic hydroxyl groups is 2. The van der Waals surface area contributed by atoms with Crippen LogP contribution < -0.4 is 33.2 Å². The normalized spacial score (nSPS) is 13.6. The highest BCUT2D eigenvalue weighted by atomic mass is 16.4. The number of phenols is 2. The van der Waals surface area contributed by atoms with Gasteiger partial charge in [0.2, 0.25) is 23.6 Å². The first-order valence-electron chi connectivity index (χ1n) is 13.8. The van der Waals surface area contributed by atoms with Crippen LogP contribution >= 0.6 is 0 Å². The third-order valence-electron chi connectivity index (χ3n) is 6.62. The highest BCUT2D eigenvalue weighted by Gasteiger charge is 2.31. The summed E-state index contributed by atoms with van der Waals surface area (Å²) in [7, 11) is 0. The van der Waals surface area contributed by atoms with E-state index < -0.39 is 53.8 Å².